The van der Waals surface area contributed by atoms with E-state index in [1.54, 1.807) is 17.4 Å². The summed E-state index contributed by atoms with van der Waals surface area (Å²) in [5.41, 5.74) is 1.65. The number of hydrogen-bond donors (Lipinski definition) is 0. The van der Waals surface area contributed by atoms with Crippen molar-refractivity contribution in [3.63, 3.8) is 0 Å². The molecule has 0 saturated carbocycles. The monoisotopic (exact) mass is 277 g/mol. The van der Waals surface area contributed by atoms with Crippen LogP contribution < -0.4 is 0 Å². The van der Waals surface area contributed by atoms with Crippen molar-refractivity contribution in [2.75, 3.05) is 0 Å². The maximum atomic E-state index is 6.09. The van der Waals surface area contributed by atoms with Gasteiger partial charge in [0.15, 0.2) is 0 Å². The molecular weight excluding hydrogens is 273 g/mol. The molecule has 1 heterocycles. The van der Waals surface area contributed by atoms with Crippen molar-refractivity contribution in [1.82, 2.24) is 4.98 Å². The summed E-state index contributed by atoms with van der Waals surface area (Å²) < 4.78 is 0. The van der Waals surface area contributed by atoms with Crippen LogP contribution in [0.1, 0.15) is 5.01 Å². The maximum Gasteiger partial charge on any atom is 0.0901 e. The Bertz CT molecular complexity index is 507. The molecule has 0 atom stereocenters. The normalized spacial score (nSPS) is 10.7. The lowest BCUT2D eigenvalue weighted by atomic mass is 10.2. The Labute approximate surface area is 107 Å². The lowest BCUT2D eigenvalue weighted by molar-refractivity contribution is 1.30. The van der Waals surface area contributed by atoms with Gasteiger partial charge >= 0.3 is 0 Å². The van der Waals surface area contributed by atoms with Gasteiger partial charge in [-0.25, -0.2) is 4.98 Å². The maximum absolute atomic E-state index is 6.09. The lowest BCUT2D eigenvalue weighted by Crippen LogP contribution is -1.82. The number of aromatic nitrogens is 1. The van der Waals surface area contributed by atoms with Gasteiger partial charge in [0.25, 0.3) is 0 Å². The van der Waals surface area contributed by atoms with Gasteiger partial charge in [0, 0.05) is 10.9 Å². The predicted octanol–water partition coefficient (Wildman–Crippen LogP) is 5.08. The van der Waals surface area contributed by atoms with Crippen LogP contribution >= 0.6 is 46.1 Å². The predicted molar refractivity (Wildman–Crippen MR) is 67.3 cm³/mol. The summed E-state index contributed by atoms with van der Waals surface area (Å²) in [7, 11) is 0. The van der Waals surface area contributed by atoms with Gasteiger partial charge in [-0.3, -0.25) is 0 Å². The second-order valence-corrected chi connectivity index (χ2v) is 5.20. The smallest absolute Gasteiger partial charge is 0.0901 e. The molecule has 2 rings (SSSR count). The Morgan fingerprint density at radius 3 is 2.47 bits per heavy atom. The number of rotatable bonds is 1. The molecule has 0 radical (unpaired) electrons. The van der Waals surface area contributed by atoms with Crippen LogP contribution in [0.15, 0.2) is 17.5 Å². The van der Waals surface area contributed by atoms with Crippen molar-refractivity contribution in [3.05, 3.63) is 37.6 Å². The second kappa shape index (κ2) is 4.30. The number of thiazole rings is 1. The summed E-state index contributed by atoms with van der Waals surface area (Å²) in [6, 6.07) is 3.55. The molecule has 0 bridgehead atoms. The number of aryl methyl sites for hydroxylation is 1. The third-order valence-corrected chi connectivity index (χ3v) is 4.00. The zero-order valence-corrected chi connectivity index (χ0v) is 10.8. The molecule has 1 nitrogen and oxygen atoms in total. The zero-order chi connectivity index (χ0) is 11.0. The average Bonchev–Trinajstić information content (AvgIpc) is 2.61. The number of halogens is 3. The Balaban J connectivity index is 2.59. The van der Waals surface area contributed by atoms with Gasteiger partial charge in [0.2, 0.25) is 0 Å². The van der Waals surface area contributed by atoms with Gasteiger partial charge in [0.05, 0.1) is 25.8 Å². The summed E-state index contributed by atoms with van der Waals surface area (Å²) in [4.78, 5) is 4.34. The third kappa shape index (κ3) is 2.13. The van der Waals surface area contributed by atoms with Crippen LogP contribution in [0.2, 0.25) is 15.1 Å². The number of nitrogens with zero attached hydrogens (tertiary/aromatic N) is 1. The first-order chi connectivity index (χ1) is 7.09. The molecule has 1 aromatic heterocycles. The first-order valence-corrected chi connectivity index (χ1v) is 6.17. The standard InChI is InChI=1S/C10H6Cl3NS/c1-5-14-8(4-15-5)6-2-3-7(11)10(13)9(6)12/h2-4H,1H3. The van der Waals surface area contributed by atoms with Crippen LogP contribution in [0.25, 0.3) is 11.3 Å². The van der Waals surface area contributed by atoms with E-state index in [0.29, 0.717) is 15.1 Å². The first kappa shape index (κ1) is 11.2. The molecule has 0 amide bonds. The van der Waals surface area contributed by atoms with E-state index in [9.17, 15) is 0 Å². The SMILES string of the molecule is Cc1nc(-c2ccc(Cl)c(Cl)c2Cl)cs1. The molecule has 0 aliphatic carbocycles. The summed E-state index contributed by atoms with van der Waals surface area (Å²) in [5, 5.41) is 4.22. The molecule has 0 unspecified atom stereocenters. The number of benzene rings is 1. The van der Waals surface area contributed by atoms with Gasteiger partial charge in [-0.05, 0) is 19.1 Å². The van der Waals surface area contributed by atoms with E-state index in [1.807, 2.05) is 18.4 Å². The molecular formula is C10H6Cl3NS. The molecule has 0 fully saturated rings. The van der Waals surface area contributed by atoms with E-state index in [0.717, 1.165) is 16.3 Å². The lowest BCUT2D eigenvalue weighted by Gasteiger charge is -2.04. The fourth-order valence-corrected chi connectivity index (χ4v) is 2.46. The molecule has 0 N–H and O–H groups in total. The van der Waals surface area contributed by atoms with E-state index in [4.69, 9.17) is 34.8 Å². The molecule has 1 aromatic carbocycles. The van der Waals surface area contributed by atoms with Gasteiger partial charge in [-0.15, -0.1) is 11.3 Å². The Kier molecular flexibility index (Phi) is 3.21. The Morgan fingerprint density at radius 2 is 1.87 bits per heavy atom. The largest absolute Gasteiger partial charge is 0.241 e. The van der Waals surface area contributed by atoms with Crippen LogP contribution in [0.3, 0.4) is 0 Å². The highest BCUT2D eigenvalue weighted by Crippen LogP contribution is 2.37. The minimum absolute atomic E-state index is 0.376. The van der Waals surface area contributed by atoms with Crippen LogP contribution in [-0.2, 0) is 0 Å². The van der Waals surface area contributed by atoms with Crippen LogP contribution in [-0.4, -0.2) is 4.98 Å². The van der Waals surface area contributed by atoms with Gasteiger partial charge in [0.1, 0.15) is 0 Å². The molecule has 78 valence electrons. The Morgan fingerprint density at radius 1 is 1.13 bits per heavy atom. The first-order valence-electron chi connectivity index (χ1n) is 4.15. The highest BCUT2D eigenvalue weighted by atomic mass is 35.5. The van der Waals surface area contributed by atoms with E-state index >= 15 is 0 Å². The van der Waals surface area contributed by atoms with Gasteiger partial charge in [-0.2, -0.15) is 0 Å². The van der Waals surface area contributed by atoms with Crippen LogP contribution in [0.4, 0.5) is 0 Å². The zero-order valence-electron chi connectivity index (χ0n) is 7.72. The highest BCUT2D eigenvalue weighted by molar-refractivity contribution is 7.09. The van der Waals surface area contributed by atoms with E-state index in [1.165, 1.54) is 0 Å². The van der Waals surface area contributed by atoms with Crippen molar-refractivity contribution in [3.8, 4) is 11.3 Å². The summed E-state index contributed by atoms with van der Waals surface area (Å²) in [6.45, 7) is 1.94. The van der Waals surface area contributed by atoms with Crippen LogP contribution in [0, 0.1) is 6.92 Å². The minimum Gasteiger partial charge on any atom is -0.241 e. The summed E-state index contributed by atoms with van der Waals surface area (Å²) in [5.74, 6) is 0. The summed E-state index contributed by atoms with van der Waals surface area (Å²) in [6.07, 6.45) is 0. The van der Waals surface area contributed by atoms with Crippen LogP contribution in [0.5, 0.6) is 0 Å². The molecule has 0 spiro atoms. The fourth-order valence-electron chi connectivity index (χ4n) is 1.21. The molecule has 15 heavy (non-hydrogen) atoms. The average molecular weight is 279 g/mol. The summed E-state index contributed by atoms with van der Waals surface area (Å²) >= 11 is 19.5. The minimum atomic E-state index is 0.376. The van der Waals surface area contributed by atoms with Gasteiger partial charge in [-0.1, -0.05) is 34.8 Å². The third-order valence-electron chi connectivity index (χ3n) is 1.93. The second-order valence-electron chi connectivity index (χ2n) is 2.97. The Hall–Kier alpha value is -0.280. The van der Waals surface area contributed by atoms with Crippen molar-refractivity contribution >= 4 is 46.1 Å². The quantitative estimate of drug-likeness (QED) is 0.663. The van der Waals surface area contributed by atoms with E-state index < -0.39 is 0 Å². The van der Waals surface area contributed by atoms with Crippen molar-refractivity contribution in [1.29, 1.82) is 0 Å². The van der Waals surface area contributed by atoms with E-state index in [2.05, 4.69) is 4.98 Å². The van der Waals surface area contributed by atoms with E-state index in [-0.39, 0.29) is 0 Å². The van der Waals surface area contributed by atoms with Crippen molar-refractivity contribution in [2.24, 2.45) is 0 Å². The topological polar surface area (TPSA) is 12.9 Å². The highest BCUT2D eigenvalue weighted by Gasteiger charge is 2.12. The molecule has 0 aliphatic heterocycles. The number of hydrogen-bond acceptors (Lipinski definition) is 2. The van der Waals surface area contributed by atoms with Gasteiger partial charge < -0.3 is 0 Å². The van der Waals surface area contributed by atoms with Crippen molar-refractivity contribution in [2.45, 2.75) is 6.92 Å². The molecule has 0 saturated heterocycles. The van der Waals surface area contributed by atoms with Crippen molar-refractivity contribution < 1.29 is 0 Å². The molecule has 2 aromatic rings. The molecule has 0 aliphatic rings. The molecule has 5 heteroatoms. The fraction of sp³-hybridized carbons (Fsp3) is 0.100.